The zero-order valence-corrected chi connectivity index (χ0v) is 20.8. The van der Waals surface area contributed by atoms with Crippen molar-refractivity contribution in [2.75, 3.05) is 7.11 Å². The highest BCUT2D eigenvalue weighted by Crippen LogP contribution is 2.38. The Bertz CT molecular complexity index is 1350. The molecule has 4 aromatic rings. The van der Waals surface area contributed by atoms with Crippen LogP contribution in [-0.2, 0) is 11.3 Å². The molecule has 4 rings (SSSR count). The molecule has 190 valence electrons. The van der Waals surface area contributed by atoms with Crippen LogP contribution in [0, 0.1) is 11.6 Å². The van der Waals surface area contributed by atoms with Crippen LogP contribution in [-0.4, -0.2) is 23.1 Å². The monoisotopic (exact) mass is 501 g/mol. The number of carboxylic acids is 1. The summed E-state index contributed by atoms with van der Waals surface area (Å²) >= 11 is 0. The van der Waals surface area contributed by atoms with E-state index in [4.69, 9.17) is 4.74 Å². The summed E-state index contributed by atoms with van der Waals surface area (Å²) in [6.45, 7) is 2.54. The second kappa shape index (κ2) is 11.8. The number of aliphatic carboxylic acids is 1. The number of hydrogen-bond acceptors (Lipinski definition) is 3. The molecule has 4 aromatic carbocycles. The molecule has 6 heteroatoms. The molecule has 0 aromatic heterocycles. The molecule has 1 N–H and O–H groups in total. The number of hydrogen-bond donors (Lipinski definition) is 1. The van der Waals surface area contributed by atoms with Crippen molar-refractivity contribution in [1.82, 2.24) is 4.90 Å². The van der Waals surface area contributed by atoms with Gasteiger partial charge >= 0.3 is 5.97 Å². The fraction of sp³-hybridized carbons (Fsp3) is 0.194. The molecule has 0 spiro atoms. The summed E-state index contributed by atoms with van der Waals surface area (Å²) < 4.78 is 33.8. The average Bonchev–Trinajstić information content (AvgIpc) is 2.91. The molecule has 0 aliphatic heterocycles. The molecule has 0 amide bonds. The highest BCUT2D eigenvalue weighted by Gasteiger charge is 2.29. The van der Waals surface area contributed by atoms with Gasteiger partial charge in [0, 0.05) is 30.3 Å². The Morgan fingerprint density at radius 1 is 0.892 bits per heavy atom. The third kappa shape index (κ3) is 6.40. The van der Waals surface area contributed by atoms with Crippen molar-refractivity contribution >= 4 is 5.97 Å². The summed E-state index contributed by atoms with van der Waals surface area (Å²) in [5, 5.41) is 9.94. The lowest BCUT2D eigenvalue weighted by atomic mass is 9.93. The molecule has 0 bridgehead atoms. The van der Waals surface area contributed by atoms with E-state index in [1.54, 1.807) is 18.2 Å². The van der Waals surface area contributed by atoms with Crippen LogP contribution in [0.1, 0.15) is 42.1 Å². The van der Waals surface area contributed by atoms with Gasteiger partial charge in [-0.1, -0.05) is 60.7 Å². The van der Waals surface area contributed by atoms with Crippen molar-refractivity contribution < 1.29 is 23.4 Å². The Labute approximate surface area is 215 Å². The van der Waals surface area contributed by atoms with Crippen molar-refractivity contribution in [1.29, 1.82) is 0 Å². The molecule has 0 saturated carbocycles. The standard InChI is InChI=1S/C31H29F2NO3/c1-21(23-11-7-4-8-12-23)34(20-22-9-5-3-6-10-22)30(19-31(35)36)25-15-24(16-27(17-25)37-2)28-14-13-26(32)18-29(28)33/h3-18,21,30H,19-20H2,1-2H3,(H,35,36)/t21-,30+/m1/s1. The maximum Gasteiger partial charge on any atom is 0.305 e. The van der Waals surface area contributed by atoms with Crippen molar-refractivity contribution in [3.8, 4) is 16.9 Å². The molecular formula is C31H29F2NO3. The van der Waals surface area contributed by atoms with E-state index in [0.717, 1.165) is 17.2 Å². The van der Waals surface area contributed by atoms with Gasteiger partial charge in [0.1, 0.15) is 17.4 Å². The van der Waals surface area contributed by atoms with Gasteiger partial charge in [-0.3, -0.25) is 9.69 Å². The third-order valence-electron chi connectivity index (χ3n) is 6.55. The van der Waals surface area contributed by atoms with E-state index in [-0.39, 0.29) is 18.0 Å². The van der Waals surface area contributed by atoms with E-state index in [1.165, 1.54) is 19.2 Å². The third-order valence-corrected chi connectivity index (χ3v) is 6.55. The molecule has 0 aliphatic rings. The molecule has 2 atom stereocenters. The molecule has 0 unspecified atom stereocenters. The van der Waals surface area contributed by atoms with Gasteiger partial charge in [-0.25, -0.2) is 8.78 Å². The van der Waals surface area contributed by atoms with Gasteiger partial charge in [0.25, 0.3) is 0 Å². The number of carboxylic acid groups (broad SMARTS) is 1. The minimum atomic E-state index is -0.958. The lowest BCUT2D eigenvalue weighted by Gasteiger charge is -2.37. The predicted octanol–water partition coefficient (Wildman–Crippen LogP) is 7.42. The minimum absolute atomic E-state index is 0.136. The second-order valence-electron chi connectivity index (χ2n) is 8.98. The minimum Gasteiger partial charge on any atom is -0.497 e. The Morgan fingerprint density at radius 3 is 2.19 bits per heavy atom. The highest BCUT2D eigenvalue weighted by atomic mass is 19.1. The van der Waals surface area contributed by atoms with Crippen LogP contribution in [0.5, 0.6) is 5.75 Å². The van der Waals surface area contributed by atoms with Gasteiger partial charge in [0.2, 0.25) is 0 Å². The van der Waals surface area contributed by atoms with E-state index < -0.39 is 23.6 Å². The number of rotatable bonds is 10. The van der Waals surface area contributed by atoms with Crippen LogP contribution in [0.3, 0.4) is 0 Å². The van der Waals surface area contributed by atoms with Gasteiger partial charge in [0.05, 0.1) is 13.5 Å². The Morgan fingerprint density at radius 2 is 1.57 bits per heavy atom. The first-order valence-electron chi connectivity index (χ1n) is 12.1. The van der Waals surface area contributed by atoms with Gasteiger partial charge in [0.15, 0.2) is 0 Å². The number of carbonyl (C=O) groups is 1. The Hall–Kier alpha value is -4.03. The fourth-order valence-electron chi connectivity index (χ4n) is 4.64. The molecular weight excluding hydrogens is 472 g/mol. The molecule has 0 fully saturated rings. The number of benzene rings is 4. The first kappa shape index (κ1) is 26.0. The normalized spacial score (nSPS) is 12.8. The van der Waals surface area contributed by atoms with E-state index in [1.807, 2.05) is 67.6 Å². The summed E-state index contributed by atoms with van der Waals surface area (Å²) in [4.78, 5) is 14.3. The van der Waals surface area contributed by atoms with Gasteiger partial charge in [-0.15, -0.1) is 0 Å². The summed E-state index contributed by atoms with van der Waals surface area (Å²) in [6, 6.07) is 27.7. The lowest BCUT2D eigenvalue weighted by molar-refractivity contribution is -0.138. The van der Waals surface area contributed by atoms with E-state index in [0.29, 0.717) is 23.4 Å². The first-order valence-corrected chi connectivity index (χ1v) is 12.1. The molecule has 0 saturated heterocycles. The maximum atomic E-state index is 14.7. The van der Waals surface area contributed by atoms with Crippen LogP contribution in [0.4, 0.5) is 8.78 Å². The topological polar surface area (TPSA) is 49.8 Å². The number of halogens is 2. The quantitative estimate of drug-likeness (QED) is 0.246. The van der Waals surface area contributed by atoms with Gasteiger partial charge in [-0.05, 0) is 59.5 Å². The molecule has 4 nitrogen and oxygen atoms in total. The molecule has 0 heterocycles. The largest absolute Gasteiger partial charge is 0.497 e. The van der Waals surface area contributed by atoms with E-state index in [9.17, 15) is 18.7 Å². The predicted molar refractivity (Wildman–Crippen MR) is 140 cm³/mol. The number of ether oxygens (including phenoxy) is 1. The lowest BCUT2D eigenvalue weighted by Crippen LogP contribution is -2.32. The fourth-order valence-corrected chi connectivity index (χ4v) is 4.64. The first-order chi connectivity index (χ1) is 17.9. The summed E-state index contributed by atoms with van der Waals surface area (Å²) in [5.41, 5.74) is 3.43. The zero-order chi connectivity index (χ0) is 26.4. The highest BCUT2D eigenvalue weighted by molar-refractivity contribution is 5.70. The molecule has 0 radical (unpaired) electrons. The summed E-state index contributed by atoms with van der Waals surface area (Å²) in [7, 11) is 1.50. The van der Waals surface area contributed by atoms with Crippen LogP contribution in [0.15, 0.2) is 97.1 Å². The van der Waals surface area contributed by atoms with Crippen LogP contribution in [0.25, 0.3) is 11.1 Å². The average molecular weight is 502 g/mol. The summed E-state index contributed by atoms with van der Waals surface area (Å²) in [5.74, 6) is -1.87. The van der Waals surface area contributed by atoms with Gasteiger partial charge in [-0.2, -0.15) is 0 Å². The van der Waals surface area contributed by atoms with Crippen LogP contribution < -0.4 is 4.74 Å². The van der Waals surface area contributed by atoms with Crippen molar-refractivity contribution in [3.05, 3.63) is 125 Å². The Kier molecular flexibility index (Phi) is 8.31. The van der Waals surface area contributed by atoms with Crippen molar-refractivity contribution in [2.24, 2.45) is 0 Å². The summed E-state index contributed by atoms with van der Waals surface area (Å²) in [6.07, 6.45) is -0.178. The van der Waals surface area contributed by atoms with Crippen LogP contribution >= 0.6 is 0 Å². The zero-order valence-electron chi connectivity index (χ0n) is 20.8. The SMILES string of the molecule is COc1cc(-c2ccc(F)cc2F)cc([C@H](CC(=O)O)N(Cc2ccccc2)[C@H](C)c2ccccc2)c1. The Balaban J connectivity index is 1.86. The van der Waals surface area contributed by atoms with Crippen molar-refractivity contribution in [2.45, 2.75) is 32.0 Å². The number of methoxy groups -OCH3 is 1. The van der Waals surface area contributed by atoms with Gasteiger partial charge < -0.3 is 9.84 Å². The van der Waals surface area contributed by atoms with E-state index >= 15 is 0 Å². The molecule has 0 aliphatic carbocycles. The molecule has 37 heavy (non-hydrogen) atoms. The number of nitrogens with zero attached hydrogens (tertiary/aromatic N) is 1. The van der Waals surface area contributed by atoms with Crippen LogP contribution in [0.2, 0.25) is 0 Å². The van der Waals surface area contributed by atoms with E-state index in [2.05, 4.69) is 4.90 Å². The second-order valence-corrected chi connectivity index (χ2v) is 8.98. The maximum absolute atomic E-state index is 14.7. The van der Waals surface area contributed by atoms with Crippen molar-refractivity contribution in [3.63, 3.8) is 0 Å². The smallest absolute Gasteiger partial charge is 0.305 e.